The number of carbonyl (C=O) groups is 1. The molecule has 124 valence electrons. The third-order valence-electron chi connectivity index (χ3n) is 3.61. The first kappa shape index (κ1) is 16.3. The number of benzene rings is 2. The van der Waals surface area contributed by atoms with Gasteiger partial charge in [0.25, 0.3) is 5.91 Å². The number of carbonyl (C=O) groups excluding carboxylic acids is 1. The van der Waals surface area contributed by atoms with E-state index in [0.29, 0.717) is 22.9 Å². The fourth-order valence-electron chi connectivity index (χ4n) is 2.33. The summed E-state index contributed by atoms with van der Waals surface area (Å²) in [5, 5.41) is 4.87. The lowest BCUT2D eigenvalue weighted by Gasteiger charge is -2.24. The average Bonchev–Trinajstić information content (AvgIpc) is 2.63. The van der Waals surface area contributed by atoms with Crippen molar-refractivity contribution in [2.24, 2.45) is 5.10 Å². The molecule has 5 nitrogen and oxygen atoms in total. The zero-order valence-corrected chi connectivity index (χ0v) is 13.9. The number of fused-ring (bicyclic) bond motifs is 1. The molecule has 0 saturated heterocycles. The van der Waals surface area contributed by atoms with Crippen LogP contribution < -0.4 is 14.9 Å². The smallest absolute Gasteiger partial charge is 0.284 e. The van der Waals surface area contributed by atoms with E-state index in [1.807, 2.05) is 31.2 Å². The van der Waals surface area contributed by atoms with Crippen LogP contribution in [0.3, 0.4) is 0 Å². The van der Waals surface area contributed by atoms with Crippen LogP contribution in [-0.4, -0.2) is 24.3 Å². The van der Waals surface area contributed by atoms with Crippen LogP contribution in [0.4, 0.5) is 0 Å². The topological polar surface area (TPSA) is 59.9 Å². The quantitative estimate of drug-likeness (QED) is 0.683. The maximum absolute atomic E-state index is 12.3. The highest BCUT2D eigenvalue weighted by atomic mass is 35.5. The maximum atomic E-state index is 12.3. The molecule has 0 aromatic heterocycles. The predicted molar refractivity (Wildman–Crippen MR) is 92.8 cm³/mol. The molecular formula is C18H17ClN2O3. The fraction of sp³-hybridized carbons (Fsp3) is 0.222. The van der Waals surface area contributed by atoms with E-state index in [1.54, 1.807) is 24.3 Å². The molecule has 2 aromatic rings. The molecule has 1 heterocycles. The molecule has 24 heavy (non-hydrogen) atoms. The summed E-state index contributed by atoms with van der Waals surface area (Å²) in [6.45, 7) is 2.12. The first-order valence-corrected chi connectivity index (χ1v) is 8.06. The number of rotatable bonds is 4. The van der Waals surface area contributed by atoms with Crippen molar-refractivity contribution in [3.63, 3.8) is 0 Å². The molecule has 1 N–H and O–H groups in total. The normalized spacial score (nSPS) is 16.6. The first-order chi connectivity index (χ1) is 11.7. The number of halogens is 1. The van der Waals surface area contributed by atoms with Gasteiger partial charge in [-0.3, -0.25) is 4.79 Å². The molecule has 1 atom stereocenters. The molecule has 6 heteroatoms. The van der Waals surface area contributed by atoms with Crippen LogP contribution in [0.25, 0.3) is 0 Å². The number of ether oxygens (including phenoxy) is 2. The van der Waals surface area contributed by atoms with Gasteiger partial charge in [-0.15, -0.1) is 0 Å². The van der Waals surface area contributed by atoms with Gasteiger partial charge in [-0.25, -0.2) is 5.43 Å². The second-order valence-corrected chi connectivity index (χ2v) is 5.70. The van der Waals surface area contributed by atoms with Gasteiger partial charge in [-0.05, 0) is 36.2 Å². The van der Waals surface area contributed by atoms with Crippen molar-refractivity contribution in [1.29, 1.82) is 0 Å². The van der Waals surface area contributed by atoms with E-state index >= 15 is 0 Å². The monoisotopic (exact) mass is 344 g/mol. The molecule has 0 bridgehead atoms. The molecule has 3 rings (SSSR count). The van der Waals surface area contributed by atoms with Gasteiger partial charge in [-0.2, -0.15) is 5.10 Å². The van der Waals surface area contributed by atoms with Gasteiger partial charge in [0.2, 0.25) is 6.10 Å². The van der Waals surface area contributed by atoms with Crippen LogP contribution in [-0.2, 0) is 4.79 Å². The fourth-order valence-corrected chi connectivity index (χ4v) is 2.46. The number of amides is 1. The van der Waals surface area contributed by atoms with Crippen LogP contribution in [0.15, 0.2) is 53.6 Å². The predicted octanol–water partition coefficient (Wildman–Crippen LogP) is 3.41. The van der Waals surface area contributed by atoms with E-state index < -0.39 is 6.10 Å². The van der Waals surface area contributed by atoms with Crippen molar-refractivity contribution in [3.05, 3.63) is 59.1 Å². The summed E-state index contributed by atoms with van der Waals surface area (Å²) in [7, 11) is 0. The Kier molecular flexibility index (Phi) is 5.01. The van der Waals surface area contributed by atoms with Crippen LogP contribution in [0.1, 0.15) is 18.9 Å². The summed E-state index contributed by atoms with van der Waals surface area (Å²) in [5.74, 6) is 0.853. The van der Waals surface area contributed by atoms with E-state index in [9.17, 15) is 4.79 Å². The zero-order valence-electron chi connectivity index (χ0n) is 13.2. The summed E-state index contributed by atoms with van der Waals surface area (Å²) in [4.78, 5) is 12.3. The molecule has 0 radical (unpaired) electrons. The molecule has 2 aromatic carbocycles. The van der Waals surface area contributed by atoms with Gasteiger partial charge in [-0.1, -0.05) is 42.8 Å². The lowest BCUT2D eigenvalue weighted by atomic mass is 10.1. The Morgan fingerprint density at radius 3 is 2.62 bits per heavy atom. The van der Waals surface area contributed by atoms with Crippen molar-refractivity contribution in [3.8, 4) is 11.5 Å². The Morgan fingerprint density at radius 2 is 1.92 bits per heavy atom. The minimum atomic E-state index is -0.730. The molecule has 0 saturated carbocycles. The third kappa shape index (κ3) is 3.68. The summed E-state index contributed by atoms with van der Waals surface area (Å²) in [6.07, 6.45) is -0.0563. The van der Waals surface area contributed by atoms with Gasteiger partial charge in [0.15, 0.2) is 11.5 Å². The third-order valence-corrected chi connectivity index (χ3v) is 3.87. The minimum Gasteiger partial charge on any atom is -0.485 e. The van der Waals surface area contributed by atoms with Crippen LogP contribution in [0, 0.1) is 0 Å². The van der Waals surface area contributed by atoms with Gasteiger partial charge < -0.3 is 9.47 Å². The largest absolute Gasteiger partial charge is 0.485 e. The molecule has 0 unspecified atom stereocenters. The lowest BCUT2D eigenvalue weighted by molar-refractivity contribution is -0.130. The van der Waals surface area contributed by atoms with Crippen molar-refractivity contribution in [2.75, 3.05) is 6.61 Å². The summed E-state index contributed by atoms with van der Waals surface area (Å²) in [6, 6.07) is 14.6. The molecular weight excluding hydrogens is 328 g/mol. The first-order valence-electron chi connectivity index (χ1n) is 7.68. The van der Waals surface area contributed by atoms with Crippen molar-refractivity contribution in [2.45, 2.75) is 19.4 Å². The highest BCUT2D eigenvalue weighted by Crippen LogP contribution is 2.30. The summed E-state index contributed by atoms with van der Waals surface area (Å²) in [5.41, 5.74) is 4.23. The van der Waals surface area contributed by atoms with Crippen molar-refractivity contribution < 1.29 is 14.3 Å². The summed E-state index contributed by atoms with van der Waals surface area (Å²) >= 11 is 5.89. The Balaban J connectivity index is 1.67. The minimum absolute atomic E-state index is 0.154. The Labute approximate surface area is 145 Å². The number of hydrazone groups is 1. The van der Waals surface area contributed by atoms with E-state index in [0.717, 1.165) is 11.3 Å². The van der Waals surface area contributed by atoms with Crippen molar-refractivity contribution in [1.82, 2.24) is 5.43 Å². The van der Waals surface area contributed by atoms with Crippen LogP contribution in [0.5, 0.6) is 11.5 Å². The second-order valence-electron chi connectivity index (χ2n) is 5.26. The second kappa shape index (κ2) is 7.36. The average molecular weight is 345 g/mol. The van der Waals surface area contributed by atoms with E-state index in [2.05, 4.69) is 10.5 Å². The molecule has 1 amide bonds. The Hall–Kier alpha value is -2.53. The Morgan fingerprint density at radius 1 is 1.21 bits per heavy atom. The summed E-state index contributed by atoms with van der Waals surface area (Å²) < 4.78 is 11.2. The number of para-hydroxylation sites is 2. The van der Waals surface area contributed by atoms with Crippen LogP contribution in [0.2, 0.25) is 5.02 Å². The number of hydrogen-bond acceptors (Lipinski definition) is 4. The molecule has 1 aliphatic rings. The van der Waals surface area contributed by atoms with Gasteiger partial charge >= 0.3 is 0 Å². The molecule has 1 aliphatic heterocycles. The maximum Gasteiger partial charge on any atom is 0.284 e. The molecule has 0 fully saturated rings. The Bertz CT molecular complexity index is 759. The van der Waals surface area contributed by atoms with Gasteiger partial charge in [0, 0.05) is 5.02 Å². The highest BCUT2D eigenvalue weighted by molar-refractivity contribution is 6.30. The van der Waals surface area contributed by atoms with Gasteiger partial charge in [0.05, 0.1) is 5.71 Å². The number of hydrogen-bond donors (Lipinski definition) is 1. The van der Waals surface area contributed by atoms with E-state index in [1.165, 1.54) is 0 Å². The molecule has 0 spiro atoms. The number of nitrogens with one attached hydrogen (secondary N) is 1. The highest BCUT2D eigenvalue weighted by Gasteiger charge is 2.27. The van der Waals surface area contributed by atoms with Crippen LogP contribution >= 0.6 is 11.6 Å². The van der Waals surface area contributed by atoms with E-state index in [4.69, 9.17) is 21.1 Å². The SMILES string of the molecule is CC/C(=N/NC(=O)[C@@H]1COc2ccccc2O1)c1ccc(Cl)cc1. The molecule has 0 aliphatic carbocycles. The lowest BCUT2D eigenvalue weighted by Crippen LogP contribution is -2.42. The van der Waals surface area contributed by atoms with Gasteiger partial charge in [0.1, 0.15) is 6.61 Å². The number of nitrogens with zero attached hydrogens (tertiary/aromatic N) is 1. The van der Waals surface area contributed by atoms with E-state index in [-0.39, 0.29) is 12.5 Å². The standard InChI is InChI=1S/C18H17ClN2O3/c1-2-14(12-7-9-13(19)10-8-12)20-21-18(22)17-11-23-15-5-3-4-6-16(15)24-17/h3-10,17H,2,11H2,1H3,(H,21,22)/b20-14-/t17-/m0/s1. The van der Waals surface area contributed by atoms with Crippen molar-refractivity contribution >= 4 is 23.2 Å². The zero-order chi connectivity index (χ0) is 16.9.